The smallest absolute Gasteiger partial charge is 0.0819 e. The minimum Gasteiger partial charge on any atom is -0.390 e. The molecule has 2 aliphatic rings. The van der Waals surface area contributed by atoms with Crippen LogP contribution in [-0.4, -0.2) is 61.4 Å². The highest BCUT2D eigenvalue weighted by atomic mass is 16.3. The van der Waals surface area contributed by atoms with Gasteiger partial charge in [-0.1, -0.05) is 0 Å². The van der Waals surface area contributed by atoms with E-state index in [2.05, 4.69) is 15.5 Å². The Hall–Kier alpha value is -0.160. The van der Waals surface area contributed by atoms with Crippen molar-refractivity contribution in [3.63, 3.8) is 0 Å². The van der Waals surface area contributed by atoms with Crippen molar-refractivity contribution in [2.24, 2.45) is 0 Å². The highest BCUT2D eigenvalue weighted by Gasteiger charge is 2.24. The molecule has 2 aliphatic heterocycles. The van der Waals surface area contributed by atoms with E-state index >= 15 is 0 Å². The number of rotatable bonds is 3. The normalized spacial score (nSPS) is 31.9. The van der Waals surface area contributed by atoms with E-state index in [1.165, 1.54) is 6.42 Å². The maximum absolute atomic E-state index is 9.98. The second kappa shape index (κ2) is 5.07. The Morgan fingerprint density at radius 1 is 1.29 bits per heavy atom. The number of nitrogens with zero attached hydrogens (tertiary/aromatic N) is 1. The minimum absolute atomic E-state index is 0.185. The molecule has 0 saturated carbocycles. The summed E-state index contributed by atoms with van der Waals surface area (Å²) in [6, 6.07) is 0.338. The van der Waals surface area contributed by atoms with Gasteiger partial charge in [0.1, 0.15) is 0 Å². The van der Waals surface area contributed by atoms with Crippen LogP contribution in [0.3, 0.4) is 0 Å². The van der Waals surface area contributed by atoms with E-state index in [-0.39, 0.29) is 6.10 Å². The molecule has 0 spiro atoms. The molecule has 2 saturated heterocycles. The lowest BCUT2D eigenvalue weighted by Gasteiger charge is -2.30. The van der Waals surface area contributed by atoms with E-state index < -0.39 is 0 Å². The lowest BCUT2D eigenvalue weighted by molar-refractivity contribution is 0.0796. The molecule has 2 heterocycles. The topological polar surface area (TPSA) is 47.5 Å². The summed E-state index contributed by atoms with van der Waals surface area (Å²) in [5.74, 6) is 0. The van der Waals surface area contributed by atoms with Crippen molar-refractivity contribution in [3.05, 3.63) is 0 Å². The Morgan fingerprint density at radius 2 is 2.07 bits per heavy atom. The quantitative estimate of drug-likeness (QED) is 0.546. The predicted molar refractivity (Wildman–Crippen MR) is 56.3 cm³/mol. The summed E-state index contributed by atoms with van der Waals surface area (Å²) < 4.78 is 0. The Morgan fingerprint density at radius 3 is 2.71 bits per heavy atom. The molecule has 82 valence electrons. The molecule has 0 aliphatic carbocycles. The third-order valence-electron chi connectivity index (χ3n) is 3.22. The molecule has 0 amide bonds. The molecule has 0 aromatic heterocycles. The van der Waals surface area contributed by atoms with E-state index in [9.17, 15) is 5.11 Å². The summed E-state index contributed by atoms with van der Waals surface area (Å²) in [6.07, 6.45) is 2.16. The van der Waals surface area contributed by atoms with Gasteiger partial charge in [0.2, 0.25) is 0 Å². The largest absolute Gasteiger partial charge is 0.390 e. The van der Waals surface area contributed by atoms with Crippen molar-refractivity contribution in [2.75, 3.05) is 39.3 Å². The van der Waals surface area contributed by atoms with Gasteiger partial charge < -0.3 is 15.7 Å². The average Bonchev–Trinajstić information content (AvgIpc) is 2.72. The van der Waals surface area contributed by atoms with Crippen molar-refractivity contribution in [1.29, 1.82) is 0 Å². The van der Waals surface area contributed by atoms with Gasteiger partial charge in [0.05, 0.1) is 6.10 Å². The molecule has 2 rings (SSSR count). The number of hydrogen-bond acceptors (Lipinski definition) is 4. The van der Waals surface area contributed by atoms with E-state index in [0.717, 1.165) is 45.7 Å². The zero-order valence-electron chi connectivity index (χ0n) is 8.71. The molecule has 0 radical (unpaired) electrons. The van der Waals surface area contributed by atoms with Crippen LogP contribution in [0.1, 0.15) is 12.8 Å². The van der Waals surface area contributed by atoms with Crippen LogP contribution < -0.4 is 10.6 Å². The van der Waals surface area contributed by atoms with Crippen molar-refractivity contribution < 1.29 is 5.11 Å². The second-order valence-corrected chi connectivity index (χ2v) is 4.32. The van der Waals surface area contributed by atoms with Crippen LogP contribution in [-0.2, 0) is 0 Å². The fourth-order valence-corrected chi connectivity index (χ4v) is 2.33. The Kier molecular flexibility index (Phi) is 3.75. The first-order valence-corrected chi connectivity index (χ1v) is 5.71. The van der Waals surface area contributed by atoms with Gasteiger partial charge in [-0.25, -0.2) is 0 Å². The zero-order valence-corrected chi connectivity index (χ0v) is 8.71. The molecule has 2 unspecified atom stereocenters. The molecule has 4 heteroatoms. The molecule has 14 heavy (non-hydrogen) atoms. The maximum atomic E-state index is 9.98. The standard InChI is InChI=1S/C10H21N3O/c14-10(9-2-1-3-12-9)8-13-6-4-11-5-7-13/h9-12,14H,1-8H2. The molecule has 2 atom stereocenters. The monoisotopic (exact) mass is 199 g/mol. The molecule has 2 fully saturated rings. The third kappa shape index (κ3) is 2.67. The van der Waals surface area contributed by atoms with Gasteiger partial charge in [-0.3, -0.25) is 4.90 Å². The highest BCUT2D eigenvalue weighted by Crippen LogP contribution is 2.10. The van der Waals surface area contributed by atoms with Gasteiger partial charge in [-0.05, 0) is 19.4 Å². The number of nitrogens with one attached hydrogen (secondary N) is 2. The number of aliphatic hydroxyl groups is 1. The Bertz CT molecular complexity index is 165. The minimum atomic E-state index is -0.185. The molecular formula is C10H21N3O. The van der Waals surface area contributed by atoms with Gasteiger partial charge in [0.15, 0.2) is 0 Å². The van der Waals surface area contributed by atoms with Crippen molar-refractivity contribution in [1.82, 2.24) is 15.5 Å². The van der Waals surface area contributed by atoms with Gasteiger partial charge >= 0.3 is 0 Å². The molecule has 0 bridgehead atoms. The fraction of sp³-hybridized carbons (Fsp3) is 1.00. The number of hydrogen-bond donors (Lipinski definition) is 3. The predicted octanol–water partition coefficient (Wildman–Crippen LogP) is -0.995. The summed E-state index contributed by atoms with van der Waals surface area (Å²) >= 11 is 0. The SMILES string of the molecule is OC(CN1CCNCC1)C1CCCN1. The maximum Gasteiger partial charge on any atom is 0.0819 e. The van der Waals surface area contributed by atoms with E-state index in [1.807, 2.05) is 0 Å². The first kappa shape index (κ1) is 10.4. The number of piperazine rings is 1. The van der Waals surface area contributed by atoms with E-state index in [1.54, 1.807) is 0 Å². The van der Waals surface area contributed by atoms with Crippen LogP contribution in [0.25, 0.3) is 0 Å². The Balaban J connectivity index is 1.72. The lowest BCUT2D eigenvalue weighted by atomic mass is 10.1. The lowest BCUT2D eigenvalue weighted by Crippen LogP contribution is -2.49. The molecule has 0 aromatic carbocycles. The van der Waals surface area contributed by atoms with Crippen LogP contribution in [0, 0.1) is 0 Å². The molecule has 4 nitrogen and oxygen atoms in total. The van der Waals surface area contributed by atoms with Crippen LogP contribution >= 0.6 is 0 Å². The second-order valence-electron chi connectivity index (χ2n) is 4.32. The fourth-order valence-electron chi connectivity index (χ4n) is 2.33. The summed E-state index contributed by atoms with van der Waals surface area (Å²) in [5, 5.41) is 16.6. The van der Waals surface area contributed by atoms with Crippen LogP contribution in [0.4, 0.5) is 0 Å². The first-order chi connectivity index (χ1) is 6.86. The van der Waals surface area contributed by atoms with Gasteiger partial charge in [0, 0.05) is 38.8 Å². The van der Waals surface area contributed by atoms with Crippen molar-refractivity contribution in [3.8, 4) is 0 Å². The zero-order chi connectivity index (χ0) is 9.80. The van der Waals surface area contributed by atoms with Gasteiger partial charge in [-0.15, -0.1) is 0 Å². The van der Waals surface area contributed by atoms with Gasteiger partial charge in [-0.2, -0.15) is 0 Å². The average molecular weight is 199 g/mol. The van der Waals surface area contributed by atoms with Gasteiger partial charge in [0.25, 0.3) is 0 Å². The van der Waals surface area contributed by atoms with Crippen molar-refractivity contribution >= 4 is 0 Å². The highest BCUT2D eigenvalue weighted by molar-refractivity contribution is 4.84. The number of aliphatic hydroxyl groups excluding tert-OH is 1. The van der Waals surface area contributed by atoms with Crippen LogP contribution in [0.15, 0.2) is 0 Å². The van der Waals surface area contributed by atoms with E-state index in [4.69, 9.17) is 0 Å². The molecule has 0 aromatic rings. The first-order valence-electron chi connectivity index (χ1n) is 5.71. The number of β-amino-alcohol motifs (C(OH)–C–C–N with tert-alkyl or cyclic N) is 1. The summed E-state index contributed by atoms with van der Waals surface area (Å²) in [7, 11) is 0. The summed E-state index contributed by atoms with van der Waals surface area (Å²) in [6.45, 7) is 6.17. The van der Waals surface area contributed by atoms with Crippen LogP contribution in [0.2, 0.25) is 0 Å². The third-order valence-corrected chi connectivity index (χ3v) is 3.22. The van der Waals surface area contributed by atoms with Crippen molar-refractivity contribution in [2.45, 2.75) is 25.0 Å². The molecule has 3 N–H and O–H groups in total. The Labute approximate surface area is 85.7 Å². The van der Waals surface area contributed by atoms with E-state index in [0.29, 0.717) is 6.04 Å². The molecular weight excluding hydrogens is 178 g/mol. The van der Waals surface area contributed by atoms with Crippen LogP contribution in [0.5, 0.6) is 0 Å². The summed E-state index contributed by atoms with van der Waals surface area (Å²) in [4.78, 5) is 2.35. The summed E-state index contributed by atoms with van der Waals surface area (Å²) in [5.41, 5.74) is 0.